The summed E-state index contributed by atoms with van der Waals surface area (Å²) < 4.78 is 27.7. The van der Waals surface area contributed by atoms with Crippen molar-refractivity contribution >= 4 is 50.5 Å². The molecule has 8 heteroatoms. The zero-order valence-corrected chi connectivity index (χ0v) is 15.2. The van der Waals surface area contributed by atoms with Crippen molar-refractivity contribution in [2.75, 3.05) is 10.0 Å². The van der Waals surface area contributed by atoms with E-state index in [9.17, 15) is 13.2 Å². The largest absolute Gasteiger partial charge is 0.325 e. The predicted molar refractivity (Wildman–Crippen MR) is 95.4 cm³/mol. The first kappa shape index (κ1) is 17.1. The van der Waals surface area contributed by atoms with Crippen molar-refractivity contribution in [2.45, 2.75) is 24.2 Å². The highest BCUT2D eigenvalue weighted by Gasteiger charge is 2.39. The zero-order valence-electron chi connectivity index (χ0n) is 12.9. The summed E-state index contributed by atoms with van der Waals surface area (Å²) in [5.74, 6) is -0.172. The maximum Gasteiger partial charge on any atom is 0.261 e. The van der Waals surface area contributed by atoms with Crippen LogP contribution in [0, 0.1) is 0 Å². The van der Waals surface area contributed by atoms with Gasteiger partial charge in [0.25, 0.3) is 10.0 Å². The van der Waals surface area contributed by atoms with E-state index in [1.165, 1.54) is 12.1 Å². The molecule has 1 heterocycles. The van der Waals surface area contributed by atoms with E-state index in [-0.39, 0.29) is 26.5 Å². The summed E-state index contributed by atoms with van der Waals surface area (Å²) in [6.07, 6.45) is 0. The summed E-state index contributed by atoms with van der Waals surface area (Å²) in [4.78, 5) is 12.0. The lowest BCUT2D eigenvalue weighted by atomic mass is 9.86. The summed E-state index contributed by atoms with van der Waals surface area (Å²) in [5, 5.41) is 3.13. The van der Waals surface area contributed by atoms with Crippen molar-refractivity contribution in [3.05, 3.63) is 52.0 Å². The molecule has 0 saturated carbocycles. The fourth-order valence-electron chi connectivity index (χ4n) is 2.51. The third-order valence-electron chi connectivity index (χ3n) is 3.99. The second-order valence-corrected chi connectivity index (χ2v) is 8.49. The Kier molecular flexibility index (Phi) is 4.02. The number of halogens is 2. The van der Waals surface area contributed by atoms with E-state index in [1.54, 1.807) is 38.1 Å². The molecule has 126 valence electrons. The third-order valence-corrected chi connectivity index (χ3v) is 5.97. The summed E-state index contributed by atoms with van der Waals surface area (Å²) >= 11 is 12.0. The predicted octanol–water partition coefficient (Wildman–Crippen LogP) is 4.02. The Morgan fingerprint density at radius 3 is 2.33 bits per heavy atom. The number of nitrogens with one attached hydrogen (secondary N) is 2. The number of hydrogen-bond donors (Lipinski definition) is 2. The van der Waals surface area contributed by atoms with Gasteiger partial charge in [-0.15, -0.1) is 0 Å². The fourth-order valence-corrected chi connectivity index (χ4v) is 4.24. The van der Waals surface area contributed by atoms with Gasteiger partial charge in [-0.3, -0.25) is 9.52 Å². The Hall–Kier alpha value is -1.76. The van der Waals surface area contributed by atoms with Gasteiger partial charge in [0.1, 0.15) is 0 Å². The lowest BCUT2D eigenvalue weighted by Gasteiger charge is -2.16. The van der Waals surface area contributed by atoms with Gasteiger partial charge in [-0.2, -0.15) is 0 Å². The number of hydrogen-bond acceptors (Lipinski definition) is 3. The minimum Gasteiger partial charge on any atom is -0.325 e. The summed E-state index contributed by atoms with van der Waals surface area (Å²) in [6.45, 7) is 3.48. The molecule has 0 radical (unpaired) electrons. The number of para-hydroxylation sites is 1. The Labute approximate surface area is 150 Å². The average molecular weight is 385 g/mol. The summed E-state index contributed by atoms with van der Waals surface area (Å²) in [6, 6.07) is 9.19. The van der Waals surface area contributed by atoms with Crippen LogP contribution >= 0.6 is 23.2 Å². The van der Waals surface area contributed by atoms with Crippen molar-refractivity contribution in [2.24, 2.45) is 0 Å². The molecule has 0 bridgehead atoms. The third kappa shape index (κ3) is 2.75. The smallest absolute Gasteiger partial charge is 0.261 e. The number of carbonyl (C=O) groups excluding carboxylic acids is 1. The Balaban J connectivity index is 2.04. The van der Waals surface area contributed by atoms with Crippen LogP contribution in [0.15, 0.2) is 41.3 Å². The molecule has 0 aromatic heterocycles. The van der Waals surface area contributed by atoms with Crippen LogP contribution in [0.4, 0.5) is 11.4 Å². The highest BCUT2D eigenvalue weighted by atomic mass is 35.5. The van der Waals surface area contributed by atoms with Crippen LogP contribution < -0.4 is 10.0 Å². The molecule has 0 fully saturated rings. The molecule has 24 heavy (non-hydrogen) atoms. The molecule has 2 aromatic carbocycles. The number of sulfonamides is 1. The molecule has 1 aliphatic rings. The van der Waals surface area contributed by atoms with Gasteiger partial charge >= 0.3 is 0 Å². The SMILES string of the molecule is CC1(C)C(=O)Nc2ccc(S(=O)(=O)Nc3c(Cl)cccc3Cl)cc21. The molecule has 1 aliphatic heterocycles. The van der Waals surface area contributed by atoms with Crippen LogP contribution in [-0.4, -0.2) is 14.3 Å². The number of rotatable bonds is 3. The van der Waals surface area contributed by atoms with E-state index in [2.05, 4.69) is 10.0 Å². The van der Waals surface area contributed by atoms with Gasteiger partial charge in [-0.25, -0.2) is 8.42 Å². The van der Waals surface area contributed by atoms with Gasteiger partial charge in [0.2, 0.25) is 5.91 Å². The number of fused-ring (bicyclic) bond motifs is 1. The molecule has 0 saturated heterocycles. The molecule has 2 aromatic rings. The van der Waals surface area contributed by atoms with Crippen molar-refractivity contribution in [1.29, 1.82) is 0 Å². The minimum atomic E-state index is -3.91. The van der Waals surface area contributed by atoms with Crippen LogP contribution in [-0.2, 0) is 20.2 Å². The van der Waals surface area contributed by atoms with E-state index in [1.807, 2.05) is 0 Å². The van der Waals surface area contributed by atoms with E-state index >= 15 is 0 Å². The molecule has 3 rings (SSSR count). The molecule has 0 spiro atoms. The van der Waals surface area contributed by atoms with Crippen LogP contribution in [0.5, 0.6) is 0 Å². The quantitative estimate of drug-likeness (QED) is 0.838. The van der Waals surface area contributed by atoms with Gasteiger partial charge in [-0.05, 0) is 49.7 Å². The van der Waals surface area contributed by atoms with E-state index < -0.39 is 15.4 Å². The average Bonchev–Trinajstić information content (AvgIpc) is 2.73. The molecule has 0 atom stereocenters. The molecular formula is C16H14Cl2N2O3S. The Bertz CT molecular complexity index is 936. The van der Waals surface area contributed by atoms with Gasteiger partial charge < -0.3 is 5.32 Å². The number of carbonyl (C=O) groups is 1. The monoisotopic (exact) mass is 384 g/mol. The first-order valence-electron chi connectivity index (χ1n) is 7.06. The standard InChI is InChI=1S/C16H14Cl2N2O3S/c1-16(2)10-8-9(6-7-13(10)19-15(16)21)24(22,23)20-14-11(17)4-3-5-12(14)18/h3-8,20H,1-2H3,(H,19,21). The maximum atomic E-state index is 12.7. The zero-order chi connectivity index (χ0) is 17.7. The van der Waals surface area contributed by atoms with E-state index in [0.29, 0.717) is 11.3 Å². The van der Waals surface area contributed by atoms with E-state index in [0.717, 1.165) is 0 Å². The van der Waals surface area contributed by atoms with Crippen LogP contribution in [0.2, 0.25) is 10.0 Å². The molecule has 1 amide bonds. The van der Waals surface area contributed by atoms with Gasteiger partial charge in [-0.1, -0.05) is 29.3 Å². The summed E-state index contributed by atoms with van der Waals surface area (Å²) in [5.41, 5.74) is 0.554. The highest BCUT2D eigenvalue weighted by Crippen LogP contribution is 2.39. The number of amides is 1. The number of benzene rings is 2. The maximum absolute atomic E-state index is 12.7. The molecule has 0 unspecified atom stereocenters. The number of anilines is 2. The van der Waals surface area contributed by atoms with Gasteiger partial charge in [0.15, 0.2) is 0 Å². The minimum absolute atomic E-state index is 0.0295. The first-order chi connectivity index (χ1) is 11.1. The fraction of sp³-hybridized carbons (Fsp3) is 0.188. The molecule has 0 aliphatic carbocycles. The lowest BCUT2D eigenvalue weighted by Crippen LogP contribution is -2.27. The van der Waals surface area contributed by atoms with Gasteiger partial charge in [0.05, 0.1) is 26.0 Å². The van der Waals surface area contributed by atoms with Crippen molar-refractivity contribution in [3.63, 3.8) is 0 Å². The first-order valence-corrected chi connectivity index (χ1v) is 9.29. The lowest BCUT2D eigenvalue weighted by molar-refractivity contribution is -0.119. The second-order valence-electron chi connectivity index (χ2n) is 5.99. The Morgan fingerprint density at radius 1 is 1.08 bits per heavy atom. The molecule has 5 nitrogen and oxygen atoms in total. The van der Waals surface area contributed by atoms with Gasteiger partial charge in [0, 0.05) is 5.69 Å². The van der Waals surface area contributed by atoms with Crippen LogP contribution in [0.1, 0.15) is 19.4 Å². The molecular weight excluding hydrogens is 371 g/mol. The van der Waals surface area contributed by atoms with Crippen molar-refractivity contribution < 1.29 is 13.2 Å². The molecule has 2 N–H and O–H groups in total. The van der Waals surface area contributed by atoms with Crippen LogP contribution in [0.3, 0.4) is 0 Å². The normalized spacial score (nSPS) is 15.8. The highest BCUT2D eigenvalue weighted by molar-refractivity contribution is 7.92. The van der Waals surface area contributed by atoms with Crippen LogP contribution in [0.25, 0.3) is 0 Å². The second kappa shape index (κ2) is 5.65. The topological polar surface area (TPSA) is 75.3 Å². The Morgan fingerprint density at radius 2 is 1.71 bits per heavy atom. The van der Waals surface area contributed by atoms with Crippen molar-refractivity contribution in [3.8, 4) is 0 Å². The van der Waals surface area contributed by atoms with Crippen molar-refractivity contribution in [1.82, 2.24) is 0 Å². The van der Waals surface area contributed by atoms with E-state index in [4.69, 9.17) is 23.2 Å². The summed E-state index contributed by atoms with van der Waals surface area (Å²) in [7, 11) is -3.91.